The number of halogens is 1. The van der Waals surface area contributed by atoms with Gasteiger partial charge in [0.2, 0.25) is 5.69 Å². The van der Waals surface area contributed by atoms with Crippen molar-refractivity contribution in [3.8, 4) is 5.69 Å². The highest BCUT2D eigenvalue weighted by Crippen LogP contribution is 2.12. The van der Waals surface area contributed by atoms with Gasteiger partial charge in [-0.3, -0.25) is 14.2 Å². The number of hydrogen-bond donors (Lipinski definition) is 1. The van der Waals surface area contributed by atoms with E-state index in [0.29, 0.717) is 5.56 Å². The third-order valence-electron chi connectivity index (χ3n) is 5.44. The van der Waals surface area contributed by atoms with Crippen LogP contribution in [-0.4, -0.2) is 20.3 Å². The fourth-order valence-corrected chi connectivity index (χ4v) is 3.54. The standard InChI is InChI=1S/C26H23FN4O3/c1-17-11-13-19(14-12-17)16-30-25(33)23(24(32)28-18(2)20-7-4-3-5-8-20)29-31(26(30)34)22-10-6-9-21(27)15-22/h3-15,18H,16H2,1-2H3,(H,28,32). The molecule has 1 amide bonds. The first kappa shape index (κ1) is 22.8. The molecule has 4 aromatic rings. The van der Waals surface area contributed by atoms with E-state index in [9.17, 15) is 18.8 Å². The number of rotatable bonds is 6. The van der Waals surface area contributed by atoms with Crippen molar-refractivity contribution in [1.82, 2.24) is 19.7 Å². The Balaban J connectivity index is 1.81. The van der Waals surface area contributed by atoms with Gasteiger partial charge in [-0.2, -0.15) is 9.78 Å². The smallest absolute Gasteiger partial charge is 0.344 e. The maximum absolute atomic E-state index is 13.9. The van der Waals surface area contributed by atoms with Gasteiger partial charge in [0, 0.05) is 0 Å². The van der Waals surface area contributed by atoms with Crippen LogP contribution < -0.4 is 16.6 Å². The number of nitrogens with zero attached hydrogens (tertiary/aromatic N) is 3. The normalized spacial score (nSPS) is 11.7. The molecule has 0 fully saturated rings. The number of aromatic nitrogens is 3. The predicted molar refractivity (Wildman–Crippen MR) is 127 cm³/mol. The van der Waals surface area contributed by atoms with Gasteiger partial charge in [0.1, 0.15) is 5.82 Å². The van der Waals surface area contributed by atoms with Crippen molar-refractivity contribution < 1.29 is 9.18 Å². The quantitative estimate of drug-likeness (QED) is 0.480. The first-order valence-electron chi connectivity index (χ1n) is 10.7. The third kappa shape index (κ3) is 4.85. The lowest BCUT2D eigenvalue weighted by Gasteiger charge is -2.16. The molecule has 1 N–H and O–H groups in total. The van der Waals surface area contributed by atoms with Crippen LogP contribution in [0, 0.1) is 12.7 Å². The molecule has 1 unspecified atom stereocenters. The monoisotopic (exact) mass is 458 g/mol. The zero-order chi connectivity index (χ0) is 24.2. The average molecular weight is 458 g/mol. The summed E-state index contributed by atoms with van der Waals surface area (Å²) in [5.41, 5.74) is 0.615. The van der Waals surface area contributed by atoms with Gasteiger partial charge in [0.05, 0.1) is 18.3 Å². The van der Waals surface area contributed by atoms with Crippen LogP contribution in [-0.2, 0) is 6.54 Å². The van der Waals surface area contributed by atoms with Gasteiger partial charge < -0.3 is 5.32 Å². The van der Waals surface area contributed by atoms with E-state index in [1.165, 1.54) is 18.2 Å². The van der Waals surface area contributed by atoms with Crippen LogP contribution in [0.25, 0.3) is 5.69 Å². The Morgan fingerprint density at radius 3 is 2.38 bits per heavy atom. The van der Waals surface area contributed by atoms with Gasteiger partial charge in [0.25, 0.3) is 11.5 Å². The Labute approximate surface area is 195 Å². The van der Waals surface area contributed by atoms with Crippen LogP contribution in [0.4, 0.5) is 4.39 Å². The molecule has 1 heterocycles. The second-order valence-electron chi connectivity index (χ2n) is 8.01. The minimum Gasteiger partial charge on any atom is -0.344 e. The van der Waals surface area contributed by atoms with Crippen LogP contribution >= 0.6 is 0 Å². The van der Waals surface area contributed by atoms with Gasteiger partial charge in [0.15, 0.2) is 0 Å². The predicted octanol–water partition coefficient (Wildman–Crippen LogP) is 3.38. The van der Waals surface area contributed by atoms with E-state index < -0.39 is 34.7 Å². The SMILES string of the molecule is Cc1ccc(Cn2c(=O)c(C(=O)NC(C)c3ccccc3)nn(-c3cccc(F)c3)c2=O)cc1. The van der Waals surface area contributed by atoms with Gasteiger partial charge in [-0.25, -0.2) is 9.18 Å². The summed E-state index contributed by atoms with van der Waals surface area (Å²) in [4.78, 5) is 39.5. The molecular weight excluding hydrogens is 435 g/mol. The molecule has 1 atom stereocenters. The summed E-state index contributed by atoms with van der Waals surface area (Å²) in [5.74, 6) is -1.31. The lowest BCUT2D eigenvalue weighted by molar-refractivity contribution is 0.0930. The third-order valence-corrected chi connectivity index (χ3v) is 5.44. The number of hydrogen-bond acceptors (Lipinski definition) is 4. The van der Waals surface area contributed by atoms with Crippen molar-refractivity contribution in [3.63, 3.8) is 0 Å². The summed E-state index contributed by atoms with van der Waals surface area (Å²) in [6.45, 7) is 3.64. The van der Waals surface area contributed by atoms with Crippen molar-refractivity contribution in [3.05, 3.63) is 128 Å². The Bertz CT molecular complexity index is 1440. The van der Waals surface area contributed by atoms with Crippen molar-refractivity contribution in [2.75, 3.05) is 0 Å². The van der Waals surface area contributed by atoms with Crippen LogP contribution in [0.15, 0.2) is 88.5 Å². The van der Waals surface area contributed by atoms with Crippen LogP contribution in [0.3, 0.4) is 0 Å². The molecule has 7 nitrogen and oxygen atoms in total. The molecule has 0 spiro atoms. The second kappa shape index (κ2) is 9.66. The van der Waals surface area contributed by atoms with E-state index in [1.54, 1.807) is 19.1 Å². The molecule has 0 aliphatic rings. The number of amides is 1. The highest BCUT2D eigenvalue weighted by atomic mass is 19.1. The van der Waals surface area contributed by atoms with Gasteiger partial charge in [-0.1, -0.05) is 66.2 Å². The highest BCUT2D eigenvalue weighted by Gasteiger charge is 2.22. The van der Waals surface area contributed by atoms with E-state index in [0.717, 1.165) is 26.4 Å². The molecule has 1 aromatic heterocycles. The van der Waals surface area contributed by atoms with Crippen molar-refractivity contribution in [2.24, 2.45) is 0 Å². The number of aryl methyl sites for hydroxylation is 1. The summed E-state index contributed by atoms with van der Waals surface area (Å²) >= 11 is 0. The zero-order valence-corrected chi connectivity index (χ0v) is 18.7. The number of carbonyl (C=O) groups is 1. The maximum atomic E-state index is 13.9. The van der Waals surface area contributed by atoms with E-state index in [4.69, 9.17) is 0 Å². The molecule has 0 aliphatic carbocycles. The Morgan fingerprint density at radius 1 is 1.00 bits per heavy atom. The van der Waals surface area contributed by atoms with E-state index in [-0.39, 0.29) is 12.2 Å². The number of benzene rings is 3. The largest absolute Gasteiger partial charge is 0.352 e. The lowest BCUT2D eigenvalue weighted by Crippen LogP contribution is -2.46. The molecule has 0 bridgehead atoms. The Hall–Kier alpha value is -4.33. The molecule has 0 radical (unpaired) electrons. The number of nitrogens with one attached hydrogen (secondary N) is 1. The summed E-state index contributed by atoms with van der Waals surface area (Å²) in [5, 5.41) is 6.80. The maximum Gasteiger partial charge on any atom is 0.352 e. The second-order valence-corrected chi connectivity index (χ2v) is 8.01. The van der Waals surface area contributed by atoms with Gasteiger partial charge in [-0.15, -0.1) is 0 Å². The lowest BCUT2D eigenvalue weighted by atomic mass is 10.1. The fraction of sp³-hybridized carbons (Fsp3) is 0.154. The molecule has 8 heteroatoms. The number of carbonyl (C=O) groups excluding carboxylic acids is 1. The van der Waals surface area contributed by atoms with E-state index in [1.807, 2.05) is 49.4 Å². The Kier molecular flexibility index (Phi) is 6.49. The van der Waals surface area contributed by atoms with Crippen LogP contribution in [0.1, 0.15) is 40.1 Å². The molecule has 0 saturated carbocycles. The first-order valence-corrected chi connectivity index (χ1v) is 10.7. The van der Waals surface area contributed by atoms with Crippen molar-refractivity contribution in [1.29, 1.82) is 0 Å². The molecule has 4 rings (SSSR count). The van der Waals surface area contributed by atoms with E-state index >= 15 is 0 Å². The fourth-order valence-electron chi connectivity index (χ4n) is 3.54. The molecule has 3 aromatic carbocycles. The van der Waals surface area contributed by atoms with Crippen molar-refractivity contribution in [2.45, 2.75) is 26.4 Å². The summed E-state index contributed by atoms with van der Waals surface area (Å²) < 4.78 is 15.7. The van der Waals surface area contributed by atoms with Crippen molar-refractivity contribution >= 4 is 5.91 Å². The van der Waals surface area contributed by atoms with E-state index in [2.05, 4.69) is 10.4 Å². The van der Waals surface area contributed by atoms with Crippen LogP contribution in [0.5, 0.6) is 0 Å². The summed E-state index contributed by atoms with van der Waals surface area (Å²) in [6, 6.07) is 21.4. The topological polar surface area (TPSA) is 86.0 Å². The van der Waals surface area contributed by atoms with Gasteiger partial charge in [-0.05, 0) is 43.2 Å². The van der Waals surface area contributed by atoms with Gasteiger partial charge >= 0.3 is 5.69 Å². The molecule has 34 heavy (non-hydrogen) atoms. The minimum absolute atomic E-state index is 0.0652. The minimum atomic E-state index is -0.823. The molecular formula is C26H23FN4O3. The molecule has 0 aliphatic heterocycles. The zero-order valence-electron chi connectivity index (χ0n) is 18.7. The average Bonchev–Trinajstić information content (AvgIpc) is 2.83. The molecule has 0 saturated heterocycles. The van der Waals surface area contributed by atoms with Crippen LogP contribution in [0.2, 0.25) is 0 Å². The Morgan fingerprint density at radius 2 is 1.71 bits per heavy atom. The summed E-state index contributed by atoms with van der Waals surface area (Å²) in [6.07, 6.45) is 0. The molecule has 172 valence electrons. The first-order chi connectivity index (χ1) is 16.3. The highest BCUT2D eigenvalue weighted by molar-refractivity contribution is 5.92. The summed E-state index contributed by atoms with van der Waals surface area (Å²) in [7, 11) is 0.